The second-order valence-electron chi connectivity index (χ2n) is 5.40. The lowest BCUT2D eigenvalue weighted by Crippen LogP contribution is -2.30. The molecule has 6 heteroatoms. The van der Waals surface area contributed by atoms with E-state index in [1.807, 2.05) is 0 Å². The number of rotatable bonds is 3. The molecular formula is C14H15N3O3. The van der Waals surface area contributed by atoms with E-state index < -0.39 is 0 Å². The monoisotopic (exact) mass is 273 g/mol. The van der Waals surface area contributed by atoms with Gasteiger partial charge in [-0.15, -0.1) is 0 Å². The van der Waals surface area contributed by atoms with Crippen molar-refractivity contribution in [3.63, 3.8) is 0 Å². The molecule has 2 aliphatic rings. The van der Waals surface area contributed by atoms with Crippen molar-refractivity contribution in [1.82, 2.24) is 15.0 Å². The van der Waals surface area contributed by atoms with Crippen LogP contribution in [0.1, 0.15) is 59.9 Å². The minimum absolute atomic E-state index is 0.0937. The van der Waals surface area contributed by atoms with Gasteiger partial charge in [-0.05, 0) is 37.8 Å². The third kappa shape index (κ3) is 1.92. The second-order valence-corrected chi connectivity index (χ2v) is 5.40. The van der Waals surface area contributed by atoms with Crippen LogP contribution in [0.25, 0.3) is 0 Å². The summed E-state index contributed by atoms with van der Waals surface area (Å²) in [5, 5.41) is 4.06. The second kappa shape index (κ2) is 4.47. The summed E-state index contributed by atoms with van der Waals surface area (Å²) in [6.07, 6.45) is 5.58. The van der Waals surface area contributed by atoms with E-state index in [1.165, 1.54) is 6.26 Å². The van der Waals surface area contributed by atoms with Gasteiger partial charge in [-0.25, -0.2) is 0 Å². The third-order valence-corrected chi connectivity index (χ3v) is 3.93. The van der Waals surface area contributed by atoms with E-state index in [4.69, 9.17) is 8.94 Å². The highest BCUT2D eigenvalue weighted by Gasteiger charge is 2.36. The summed E-state index contributed by atoms with van der Waals surface area (Å²) in [7, 11) is 0. The van der Waals surface area contributed by atoms with E-state index in [0.717, 1.165) is 31.6 Å². The fraction of sp³-hybridized carbons (Fsp3) is 0.500. The average molecular weight is 273 g/mol. The number of hydrogen-bond donors (Lipinski definition) is 0. The normalized spacial score (nSPS) is 22.4. The molecule has 1 aliphatic carbocycles. The highest BCUT2D eigenvalue weighted by molar-refractivity contribution is 5.91. The molecule has 0 aromatic carbocycles. The minimum atomic E-state index is -0.102. The van der Waals surface area contributed by atoms with E-state index in [2.05, 4.69) is 10.1 Å². The molecule has 2 fully saturated rings. The van der Waals surface area contributed by atoms with Crippen LogP contribution in [-0.2, 0) is 0 Å². The molecule has 4 rings (SSSR count). The van der Waals surface area contributed by atoms with Crippen molar-refractivity contribution in [3.05, 3.63) is 35.9 Å². The molecule has 0 bridgehead atoms. The molecule has 2 aromatic rings. The van der Waals surface area contributed by atoms with Gasteiger partial charge in [-0.2, -0.15) is 4.98 Å². The standard InChI is InChI=1S/C14H15N3O3/c18-14(11-4-2-8-19-11)17-7-1-3-10(17)12-15-13(20-16-12)9-5-6-9/h2,4,8-10H,1,3,5-7H2/t10-/m0/s1. The maximum absolute atomic E-state index is 12.4. The maximum Gasteiger partial charge on any atom is 0.290 e. The van der Waals surface area contributed by atoms with Crippen molar-refractivity contribution >= 4 is 5.91 Å². The van der Waals surface area contributed by atoms with E-state index in [0.29, 0.717) is 24.0 Å². The van der Waals surface area contributed by atoms with Crippen molar-refractivity contribution in [3.8, 4) is 0 Å². The van der Waals surface area contributed by atoms with Crippen molar-refractivity contribution in [1.29, 1.82) is 0 Å². The first-order chi connectivity index (χ1) is 9.83. The van der Waals surface area contributed by atoms with Gasteiger partial charge >= 0.3 is 0 Å². The van der Waals surface area contributed by atoms with Gasteiger partial charge < -0.3 is 13.8 Å². The molecule has 2 aromatic heterocycles. The van der Waals surface area contributed by atoms with Crippen LogP contribution in [0.4, 0.5) is 0 Å². The summed E-state index contributed by atoms with van der Waals surface area (Å²) >= 11 is 0. The van der Waals surface area contributed by atoms with E-state index in [1.54, 1.807) is 17.0 Å². The zero-order chi connectivity index (χ0) is 13.5. The van der Waals surface area contributed by atoms with E-state index in [-0.39, 0.29) is 11.9 Å². The number of carbonyl (C=O) groups is 1. The van der Waals surface area contributed by atoms with E-state index >= 15 is 0 Å². The van der Waals surface area contributed by atoms with Gasteiger partial charge in [-0.3, -0.25) is 4.79 Å². The Balaban J connectivity index is 1.58. The highest BCUT2D eigenvalue weighted by atomic mass is 16.5. The Kier molecular flexibility index (Phi) is 2.61. The Morgan fingerprint density at radius 2 is 2.25 bits per heavy atom. The smallest absolute Gasteiger partial charge is 0.290 e. The van der Waals surface area contributed by atoms with Gasteiger partial charge in [0.15, 0.2) is 11.6 Å². The van der Waals surface area contributed by atoms with Crippen LogP contribution in [0.2, 0.25) is 0 Å². The van der Waals surface area contributed by atoms with Crippen molar-refractivity contribution in [2.24, 2.45) is 0 Å². The molecule has 0 spiro atoms. The quantitative estimate of drug-likeness (QED) is 0.859. The molecule has 6 nitrogen and oxygen atoms in total. The van der Waals surface area contributed by atoms with Crippen LogP contribution in [0.5, 0.6) is 0 Å². The van der Waals surface area contributed by atoms with Crippen LogP contribution in [-0.4, -0.2) is 27.5 Å². The van der Waals surface area contributed by atoms with Gasteiger partial charge in [-0.1, -0.05) is 5.16 Å². The number of likely N-dealkylation sites (tertiary alicyclic amines) is 1. The molecule has 0 radical (unpaired) electrons. The van der Waals surface area contributed by atoms with Gasteiger partial charge in [0.25, 0.3) is 5.91 Å². The summed E-state index contributed by atoms with van der Waals surface area (Å²) in [5.41, 5.74) is 0. The van der Waals surface area contributed by atoms with Crippen LogP contribution >= 0.6 is 0 Å². The van der Waals surface area contributed by atoms with Crippen molar-refractivity contribution in [2.45, 2.75) is 37.6 Å². The third-order valence-electron chi connectivity index (χ3n) is 3.93. The zero-order valence-electron chi connectivity index (χ0n) is 11.0. The molecule has 0 N–H and O–H groups in total. The van der Waals surface area contributed by atoms with Gasteiger partial charge in [0.2, 0.25) is 5.89 Å². The Hall–Kier alpha value is -2.11. The average Bonchev–Trinajstić information content (AvgIpc) is 2.97. The molecule has 1 amide bonds. The molecule has 3 heterocycles. The SMILES string of the molecule is O=C(c1ccco1)N1CCC[C@H]1c1noc(C2CC2)n1. The Bertz CT molecular complexity index is 615. The molecule has 104 valence electrons. The minimum Gasteiger partial charge on any atom is -0.459 e. The summed E-state index contributed by atoms with van der Waals surface area (Å²) in [5.74, 6) is 2.05. The first kappa shape index (κ1) is 11.7. The maximum atomic E-state index is 12.4. The van der Waals surface area contributed by atoms with E-state index in [9.17, 15) is 4.79 Å². The predicted molar refractivity (Wildman–Crippen MR) is 68.0 cm³/mol. The summed E-state index contributed by atoms with van der Waals surface area (Å²) in [6, 6.07) is 3.31. The van der Waals surface area contributed by atoms with Crippen LogP contribution in [0, 0.1) is 0 Å². The fourth-order valence-corrected chi connectivity index (χ4v) is 2.70. The Morgan fingerprint density at radius 1 is 1.35 bits per heavy atom. The molecule has 1 atom stereocenters. The fourth-order valence-electron chi connectivity index (χ4n) is 2.70. The first-order valence-corrected chi connectivity index (χ1v) is 7.01. The number of carbonyl (C=O) groups excluding carboxylic acids is 1. The molecule has 20 heavy (non-hydrogen) atoms. The molecule has 0 unspecified atom stereocenters. The predicted octanol–water partition coefficient (Wildman–Crippen LogP) is 2.52. The zero-order valence-corrected chi connectivity index (χ0v) is 11.0. The van der Waals surface area contributed by atoms with Crippen LogP contribution in [0.3, 0.4) is 0 Å². The summed E-state index contributed by atoms with van der Waals surface area (Å²) in [6.45, 7) is 0.706. The molecule has 1 saturated heterocycles. The van der Waals surface area contributed by atoms with Crippen LogP contribution < -0.4 is 0 Å². The lowest BCUT2D eigenvalue weighted by molar-refractivity contribution is 0.0696. The molecular weight excluding hydrogens is 258 g/mol. The number of furan rings is 1. The number of amides is 1. The number of nitrogens with zero attached hydrogens (tertiary/aromatic N) is 3. The topological polar surface area (TPSA) is 72.4 Å². The van der Waals surface area contributed by atoms with Gasteiger partial charge in [0.05, 0.1) is 12.3 Å². The number of hydrogen-bond acceptors (Lipinski definition) is 5. The first-order valence-electron chi connectivity index (χ1n) is 7.01. The molecule has 1 saturated carbocycles. The van der Waals surface area contributed by atoms with Crippen molar-refractivity contribution in [2.75, 3.05) is 6.54 Å². The number of aromatic nitrogens is 2. The molecule has 1 aliphatic heterocycles. The Labute approximate surface area is 115 Å². The summed E-state index contributed by atoms with van der Waals surface area (Å²) in [4.78, 5) is 18.6. The largest absolute Gasteiger partial charge is 0.459 e. The summed E-state index contributed by atoms with van der Waals surface area (Å²) < 4.78 is 10.5. The van der Waals surface area contributed by atoms with Gasteiger partial charge in [0.1, 0.15) is 0 Å². The van der Waals surface area contributed by atoms with Crippen molar-refractivity contribution < 1.29 is 13.7 Å². The lowest BCUT2D eigenvalue weighted by Gasteiger charge is -2.20. The van der Waals surface area contributed by atoms with Crippen LogP contribution in [0.15, 0.2) is 27.3 Å². The van der Waals surface area contributed by atoms with Gasteiger partial charge in [0, 0.05) is 12.5 Å². The highest BCUT2D eigenvalue weighted by Crippen LogP contribution is 2.40. The Morgan fingerprint density at radius 3 is 3.00 bits per heavy atom. The lowest BCUT2D eigenvalue weighted by atomic mass is 10.2.